The molecule has 1 N–H and O–H groups in total. The minimum absolute atomic E-state index is 0.262. The van der Waals surface area contributed by atoms with E-state index < -0.39 is 0 Å². The Balaban J connectivity index is 1.49. The van der Waals surface area contributed by atoms with Crippen LogP contribution in [0.5, 0.6) is 0 Å². The maximum absolute atomic E-state index is 13.0. The first-order chi connectivity index (χ1) is 13.1. The van der Waals surface area contributed by atoms with Crippen LogP contribution in [0.3, 0.4) is 0 Å². The number of hydrogen-bond donors (Lipinski definition) is 1. The van der Waals surface area contributed by atoms with E-state index in [1.807, 2.05) is 0 Å². The van der Waals surface area contributed by atoms with Gasteiger partial charge in [0.05, 0.1) is 17.5 Å². The number of benzene rings is 1. The number of thioether (sulfide) groups is 1. The van der Waals surface area contributed by atoms with Gasteiger partial charge in [0, 0.05) is 35.9 Å². The van der Waals surface area contributed by atoms with Crippen LogP contribution in [0, 0.1) is 19.7 Å². The average molecular weight is 386 g/mol. The summed E-state index contributed by atoms with van der Waals surface area (Å²) in [6.45, 7) is 6.06. The first kappa shape index (κ1) is 18.3. The lowest BCUT2D eigenvalue weighted by molar-refractivity contribution is 0.0962. The Morgan fingerprint density at radius 2 is 2.15 bits per heavy atom. The second kappa shape index (κ2) is 7.86. The summed E-state index contributed by atoms with van der Waals surface area (Å²) in [5.41, 5.74) is 8.39. The minimum atomic E-state index is -0.262. The molecular weight excluding hydrogens is 363 g/mol. The first-order valence-electron chi connectivity index (χ1n) is 9.18. The van der Waals surface area contributed by atoms with Crippen molar-refractivity contribution in [3.63, 3.8) is 0 Å². The number of rotatable bonds is 4. The predicted octanol–water partition coefficient (Wildman–Crippen LogP) is 4.15. The summed E-state index contributed by atoms with van der Waals surface area (Å²) in [4.78, 5) is 4.47. The normalized spacial score (nSPS) is 21.4. The van der Waals surface area contributed by atoms with Crippen LogP contribution in [0.15, 0.2) is 40.4 Å². The van der Waals surface area contributed by atoms with E-state index in [1.54, 1.807) is 23.9 Å². The highest BCUT2D eigenvalue weighted by Gasteiger charge is 2.22. The van der Waals surface area contributed by atoms with Gasteiger partial charge in [0.25, 0.3) is 0 Å². The number of amidine groups is 1. The summed E-state index contributed by atoms with van der Waals surface area (Å²) in [5.74, 6) is 0.485. The van der Waals surface area contributed by atoms with Crippen LogP contribution in [-0.2, 0) is 11.3 Å². The van der Waals surface area contributed by atoms with Gasteiger partial charge in [0.15, 0.2) is 5.17 Å². The van der Waals surface area contributed by atoms with Crippen molar-refractivity contribution in [1.82, 2.24) is 9.99 Å². The molecule has 0 saturated carbocycles. The summed E-state index contributed by atoms with van der Waals surface area (Å²) in [7, 11) is 0. The number of aryl methyl sites for hydroxylation is 1. The van der Waals surface area contributed by atoms with E-state index in [-0.39, 0.29) is 5.82 Å². The largest absolute Gasteiger partial charge is 0.376 e. The molecule has 7 heteroatoms. The molecule has 2 aliphatic heterocycles. The lowest BCUT2D eigenvalue weighted by Gasteiger charge is -2.17. The van der Waals surface area contributed by atoms with Gasteiger partial charge in [-0.2, -0.15) is 5.10 Å². The molecule has 4 rings (SSSR count). The number of ether oxygens (including phenoxy) is 1. The molecule has 3 heterocycles. The molecule has 1 aromatic heterocycles. The number of nitrogens with one attached hydrogen (secondary N) is 1. The second-order valence-corrected chi connectivity index (χ2v) is 7.85. The smallest absolute Gasteiger partial charge is 0.182 e. The Morgan fingerprint density at radius 3 is 2.81 bits per heavy atom. The van der Waals surface area contributed by atoms with Crippen molar-refractivity contribution in [2.24, 2.45) is 10.1 Å². The molecule has 2 aliphatic rings. The van der Waals surface area contributed by atoms with Crippen molar-refractivity contribution in [2.45, 2.75) is 39.3 Å². The fraction of sp³-hybridized carbons (Fsp3) is 0.400. The zero-order valence-electron chi connectivity index (χ0n) is 15.5. The van der Waals surface area contributed by atoms with Gasteiger partial charge in [-0.25, -0.2) is 9.38 Å². The number of hydrogen-bond acceptors (Lipinski definition) is 4. The van der Waals surface area contributed by atoms with E-state index >= 15 is 0 Å². The van der Waals surface area contributed by atoms with E-state index in [2.05, 4.69) is 40.0 Å². The van der Waals surface area contributed by atoms with E-state index in [0.717, 1.165) is 42.6 Å². The van der Waals surface area contributed by atoms with E-state index in [0.29, 0.717) is 11.8 Å². The fourth-order valence-corrected chi connectivity index (χ4v) is 4.28. The maximum atomic E-state index is 13.0. The zero-order chi connectivity index (χ0) is 18.8. The molecule has 0 radical (unpaired) electrons. The molecular formula is C20H23FN4OS. The molecule has 27 heavy (non-hydrogen) atoms. The van der Waals surface area contributed by atoms with Crippen molar-refractivity contribution < 1.29 is 9.13 Å². The van der Waals surface area contributed by atoms with Gasteiger partial charge in [-0.1, -0.05) is 11.8 Å². The van der Waals surface area contributed by atoms with Crippen molar-refractivity contribution in [3.8, 4) is 0 Å². The van der Waals surface area contributed by atoms with Crippen LogP contribution < -0.4 is 5.43 Å². The van der Waals surface area contributed by atoms with Crippen LogP contribution in [0.25, 0.3) is 0 Å². The molecule has 5 nitrogen and oxygen atoms in total. The summed E-state index contributed by atoms with van der Waals surface area (Å²) in [6, 6.07) is 8.33. The molecule has 1 fully saturated rings. The summed E-state index contributed by atoms with van der Waals surface area (Å²) in [6.07, 6.45) is 2.60. The van der Waals surface area contributed by atoms with Crippen molar-refractivity contribution in [1.29, 1.82) is 0 Å². The molecule has 0 aliphatic carbocycles. The first-order valence-corrected chi connectivity index (χ1v) is 10.2. The van der Waals surface area contributed by atoms with E-state index in [1.165, 1.54) is 29.1 Å². The van der Waals surface area contributed by atoms with Crippen molar-refractivity contribution >= 4 is 28.3 Å². The van der Waals surface area contributed by atoms with Gasteiger partial charge in [-0.05, 0) is 57.0 Å². The molecule has 1 aromatic carbocycles. The molecule has 2 aromatic rings. The second-order valence-electron chi connectivity index (χ2n) is 6.88. The van der Waals surface area contributed by atoms with Crippen molar-refractivity contribution in [3.05, 3.63) is 53.1 Å². The van der Waals surface area contributed by atoms with Gasteiger partial charge in [0.2, 0.25) is 0 Å². The quantitative estimate of drug-likeness (QED) is 0.859. The third kappa shape index (κ3) is 4.09. The summed E-state index contributed by atoms with van der Waals surface area (Å²) < 4.78 is 21.1. The Morgan fingerprint density at radius 1 is 1.33 bits per heavy atom. The van der Waals surface area contributed by atoms with Gasteiger partial charge in [-0.3, -0.25) is 5.43 Å². The molecule has 0 bridgehead atoms. The highest BCUT2D eigenvalue weighted by atomic mass is 32.2. The number of aromatic nitrogens is 1. The average Bonchev–Trinajstić information content (AvgIpc) is 3.28. The van der Waals surface area contributed by atoms with Crippen LogP contribution in [0.4, 0.5) is 10.1 Å². The van der Waals surface area contributed by atoms with Gasteiger partial charge in [0.1, 0.15) is 5.82 Å². The molecule has 1 saturated heterocycles. The monoisotopic (exact) mass is 386 g/mol. The van der Waals surface area contributed by atoms with Gasteiger partial charge < -0.3 is 9.30 Å². The highest BCUT2D eigenvalue weighted by molar-refractivity contribution is 8.14. The number of nitrogens with zero attached hydrogens (tertiary/aromatic N) is 3. The molecule has 142 valence electrons. The van der Waals surface area contributed by atoms with Crippen LogP contribution >= 0.6 is 11.8 Å². The number of halogens is 1. The third-order valence-corrected chi connectivity index (χ3v) is 5.86. The molecule has 1 unspecified atom stereocenters. The predicted molar refractivity (Wildman–Crippen MR) is 109 cm³/mol. The summed E-state index contributed by atoms with van der Waals surface area (Å²) in [5, 5.41) is 5.26. The number of aliphatic imine (C=N–C) groups is 1. The zero-order valence-corrected chi connectivity index (χ0v) is 16.4. The molecule has 1 atom stereocenters. The Kier molecular flexibility index (Phi) is 5.31. The third-order valence-electron chi connectivity index (χ3n) is 4.98. The standard InChI is InChI=1S/C20H23FN4OS/c1-13-10-18(14(2)25(13)11-17-4-3-9-26-17)19-12-27-20(24-23-19)22-16-7-5-15(21)6-8-16/h5-8,10,17H,3-4,9,11-12H2,1-2H3,(H,22,24). The lowest BCUT2D eigenvalue weighted by Crippen LogP contribution is -2.25. The maximum Gasteiger partial charge on any atom is 0.182 e. The number of hydrazone groups is 1. The lowest BCUT2D eigenvalue weighted by atomic mass is 10.1. The topological polar surface area (TPSA) is 50.9 Å². The fourth-order valence-electron chi connectivity index (χ4n) is 3.51. The van der Waals surface area contributed by atoms with Gasteiger partial charge in [-0.15, -0.1) is 0 Å². The Hall–Kier alpha value is -2.12. The highest BCUT2D eigenvalue weighted by Crippen LogP contribution is 2.24. The Bertz CT molecular complexity index is 882. The minimum Gasteiger partial charge on any atom is -0.376 e. The SMILES string of the molecule is Cc1cc(C2=NNC(=Nc3ccc(F)cc3)SC2)c(C)n1CC1CCCO1. The molecule has 0 amide bonds. The summed E-state index contributed by atoms with van der Waals surface area (Å²) >= 11 is 1.60. The van der Waals surface area contributed by atoms with Crippen molar-refractivity contribution in [2.75, 3.05) is 12.4 Å². The Labute approximate surface area is 162 Å². The van der Waals surface area contributed by atoms with Crippen LogP contribution in [0.1, 0.15) is 29.8 Å². The van der Waals surface area contributed by atoms with E-state index in [4.69, 9.17) is 4.74 Å². The van der Waals surface area contributed by atoms with Crippen LogP contribution in [-0.4, -0.2) is 33.9 Å². The molecule has 0 spiro atoms. The van der Waals surface area contributed by atoms with Gasteiger partial charge >= 0.3 is 0 Å². The van der Waals surface area contributed by atoms with Crippen LogP contribution in [0.2, 0.25) is 0 Å². The van der Waals surface area contributed by atoms with E-state index in [9.17, 15) is 4.39 Å².